The van der Waals surface area contributed by atoms with Gasteiger partial charge in [-0.25, -0.2) is 9.59 Å². The van der Waals surface area contributed by atoms with E-state index in [2.05, 4.69) is 0 Å². The van der Waals surface area contributed by atoms with E-state index in [-0.39, 0.29) is 26.1 Å². The van der Waals surface area contributed by atoms with Crippen LogP contribution in [0.15, 0.2) is 95.7 Å². The second-order valence-electron chi connectivity index (χ2n) is 14.0. The number of esters is 2. The molecule has 2 aromatic carbocycles. The van der Waals surface area contributed by atoms with E-state index in [9.17, 15) is 9.59 Å². The van der Waals surface area contributed by atoms with Gasteiger partial charge in [0.1, 0.15) is 13.2 Å². The van der Waals surface area contributed by atoms with Crippen LogP contribution in [0.1, 0.15) is 73.6 Å². The minimum Gasteiger partial charge on any atom is -0.438 e. The smallest absolute Gasteiger partial charge is 0.419 e. The third kappa shape index (κ3) is 12.7. The maximum absolute atomic E-state index is 13.7. The van der Waals surface area contributed by atoms with Crippen LogP contribution < -0.4 is 0 Å². The molecule has 2 aliphatic rings. The van der Waals surface area contributed by atoms with E-state index in [1.807, 2.05) is 133 Å². The first kappa shape index (κ1) is 44.0. The molecule has 8 atom stereocenters. The van der Waals surface area contributed by atoms with E-state index in [1.165, 1.54) is 22.7 Å². The van der Waals surface area contributed by atoms with Gasteiger partial charge in [-0.3, -0.25) is 9.80 Å². The van der Waals surface area contributed by atoms with Gasteiger partial charge in [0, 0.05) is 35.4 Å². The van der Waals surface area contributed by atoms with Crippen molar-refractivity contribution in [3.8, 4) is 0 Å². The van der Waals surface area contributed by atoms with Crippen molar-refractivity contribution in [1.29, 1.82) is 0 Å². The average molecular weight is 837 g/mol. The summed E-state index contributed by atoms with van der Waals surface area (Å²) < 4.78 is 49.3. The summed E-state index contributed by atoms with van der Waals surface area (Å²) >= 11 is 3.08. The number of hydrogen-bond acceptors (Lipinski definition) is 14. The first-order chi connectivity index (χ1) is 28.3. The van der Waals surface area contributed by atoms with E-state index >= 15 is 0 Å². The molecular weight excluding hydrogens is 781 g/mol. The summed E-state index contributed by atoms with van der Waals surface area (Å²) in [6.45, 7) is 10.7. The molecule has 6 rings (SSSR count). The normalized spacial score (nSPS) is 21.6. The fourth-order valence-corrected chi connectivity index (χ4v) is 8.70. The van der Waals surface area contributed by atoms with Gasteiger partial charge in [-0.05, 0) is 60.2 Å². The third-order valence-corrected chi connectivity index (χ3v) is 12.1. The van der Waals surface area contributed by atoms with Crippen molar-refractivity contribution < 1.29 is 47.5 Å². The van der Waals surface area contributed by atoms with Crippen molar-refractivity contribution in [2.45, 2.75) is 103 Å². The highest BCUT2D eigenvalue weighted by Gasteiger charge is 2.37. The number of ether oxygens (including phenoxy) is 8. The number of hydrogen-bond donors (Lipinski definition) is 0. The molecule has 8 unspecified atom stereocenters. The molecular formula is C44H56N2O10S2. The van der Waals surface area contributed by atoms with Crippen molar-refractivity contribution in [2.24, 2.45) is 0 Å². The van der Waals surface area contributed by atoms with Crippen molar-refractivity contribution in [3.05, 3.63) is 117 Å². The van der Waals surface area contributed by atoms with Gasteiger partial charge in [0.25, 0.3) is 0 Å². The monoisotopic (exact) mass is 836 g/mol. The summed E-state index contributed by atoms with van der Waals surface area (Å²) in [6.07, 6.45) is -3.00. The molecule has 2 aliphatic heterocycles. The molecule has 2 saturated heterocycles. The molecule has 0 bridgehead atoms. The van der Waals surface area contributed by atoms with Crippen LogP contribution in [0.5, 0.6) is 0 Å². The Morgan fingerprint density at radius 1 is 0.603 bits per heavy atom. The van der Waals surface area contributed by atoms with Crippen LogP contribution in [0, 0.1) is 0 Å². The lowest BCUT2D eigenvalue weighted by atomic mass is 10.1. The average Bonchev–Trinajstić information content (AvgIpc) is 4.09. The van der Waals surface area contributed by atoms with Crippen LogP contribution in [0.25, 0.3) is 0 Å². The van der Waals surface area contributed by atoms with Crippen molar-refractivity contribution in [2.75, 3.05) is 39.4 Å². The topological polar surface area (TPSA) is 114 Å². The molecule has 58 heavy (non-hydrogen) atoms. The number of nitrogens with zero attached hydrogens (tertiary/aromatic N) is 2. The van der Waals surface area contributed by atoms with Crippen LogP contribution >= 0.6 is 22.7 Å². The first-order valence-corrected chi connectivity index (χ1v) is 22.0. The van der Waals surface area contributed by atoms with Crippen molar-refractivity contribution in [1.82, 2.24) is 9.80 Å². The Balaban J connectivity index is 1.11. The number of carbonyl (C=O) groups excluding carboxylic acids is 2. The van der Waals surface area contributed by atoms with Gasteiger partial charge in [-0.2, -0.15) is 0 Å². The predicted octanol–water partition coefficient (Wildman–Crippen LogP) is 7.71. The van der Waals surface area contributed by atoms with E-state index in [1.54, 1.807) is 0 Å². The summed E-state index contributed by atoms with van der Waals surface area (Å²) in [5.41, 5.74) is 2.21. The van der Waals surface area contributed by atoms with Crippen LogP contribution in [-0.4, -0.2) is 98.7 Å². The van der Waals surface area contributed by atoms with E-state index in [0.29, 0.717) is 39.0 Å². The molecule has 12 nitrogen and oxygen atoms in total. The Morgan fingerprint density at radius 3 is 1.34 bits per heavy atom. The highest BCUT2D eigenvalue weighted by molar-refractivity contribution is 7.10. The zero-order valence-corrected chi connectivity index (χ0v) is 35.4. The Hall–Kier alpha value is -3.54. The third-order valence-electron chi connectivity index (χ3n) is 10.2. The number of thiophene rings is 2. The Bertz CT molecular complexity index is 1630. The van der Waals surface area contributed by atoms with Gasteiger partial charge in [-0.1, -0.05) is 100 Å². The van der Waals surface area contributed by atoms with Gasteiger partial charge >= 0.3 is 11.9 Å². The lowest BCUT2D eigenvalue weighted by Crippen LogP contribution is -2.44. The minimum absolute atomic E-state index is 0.257. The maximum atomic E-state index is 13.7. The Labute approximate surface area is 349 Å². The molecule has 4 heterocycles. The summed E-state index contributed by atoms with van der Waals surface area (Å²) in [4.78, 5) is 33.3. The van der Waals surface area contributed by atoms with E-state index < -0.39 is 61.8 Å². The van der Waals surface area contributed by atoms with Gasteiger partial charge in [-0.15, -0.1) is 22.7 Å². The molecule has 0 spiro atoms. The summed E-state index contributed by atoms with van der Waals surface area (Å²) in [6, 6.07) is 27.9. The van der Waals surface area contributed by atoms with Crippen molar-refractivity contribution >= 4 is 34.6 Å². The SMILES string of the molecule is CCN(CC)C(CC(OC1COC(Cc2ccccc2)O1)c1cccs1)OC(=O)C(=O)OC(CC(OC1COC(Cc2ccccc2)O1)c1cccs1)N(CC)CC. The van der Waals surface area contributed by atoms with Crippen LogP contribution in [-0.2, 0) is 60.3 Å². The van der Waals surface area contributed by atoms with Gasteiger partial charge in [0.05, 0.1) is 12.2 Å². The lowest BCUT2D eigenvalue weighted by Gasteiger charge is -2.33. The molecule has 4 aromatic rings. The maximum Gasteiger partial charge on any atom is 0.419 e. The number of benzene rings is 2. The molecule has 0 N–H and O–H groups in total. The molecule has 14 heteroatoms. The second kappa shape index (κ2) is 22.7. The van der Waals surface area contributed by atoms with Gasteiger partial charge in [0.2, 0.25) is 0 Å². The fraction of sp³-hybridized carbons (Fsp3) is 0.500. The molecule has 2 fully saturated rings. The van der Waals surface area contributed by atoms with Crippen LogP contribution in [0.4, 0.5) is 0 Å². The standard InChI is InChI=1S/C44H56N2O10S2/c1-5-45(6-2)37(27-33(35-21-15-23-57-35)51-41-29-49-39(55-41)25-31-17-11-9-12-18-31)53-43(47)44(48)54-38(46(7-3)8-4)28-34(36-22-16-24-58-36)52-42-30-50-40(56-42)26-32-19-13-10-14-20-32/h9-24,33-34,37-42H,5-8,25-30H2,1-4H3. The summed E-state index contributed by atoms with van der Waals surface area (Å²) in [5.74, 6) is -2.15. The molecule has 2 aromatic heterocycles. The van der Waals surface area contributed by atoms with Crippen molar-refractivity contribution in [3.63, 3.8) is 0 Å². The number of rotatable bonds is 22. The highest BCUT2D eigenvalue weighted by atomic mass is 32.1. The fourth-order valence-electron chi connectivity index (χ4n) is 7.15. The zero-order chi connectivity index (χ0) is 40.7. The second-order valence-corrected chi connectivity index (χ2v) is 15.9. The highest BCUT2D eigenvalue weighted by Crippen LogP contribution is 2.34. The zero-order valence-electron chi connectivity index (χ0n) is 33.7. The van der Waals surface area contributed by atoms with Crippen LogP contribution in [0.3, 0.4) is 0 Å². The predicted molar refractivity (Wildman–Crippen MR) is 221 cm³/mol. The van der Waals surface area contributed by atoms with E-state index in [0.717, 1.165) is 20.9 Å². The Kier molecular flexibility index (Phi) is 17.2. The number of carbonyl (C=O) groups is 2. The lowest BCUT2D eigenvalue weighted by molar-refractivity contribution is -0.199. The molecule has 0 radical (unpaired) electrons. The quantitative estimate of drug-likeness (QED) is 0.0439. The first-order valence-electron chi connectivity index (χ1n) is 20.2. The summed E-state index contributed by atoms with van der Waals surface area (Å²) in [5, 5.41) is 3.95. The summed E-state index contributed by atoms with van der Waals surface area (Å²) in [7, 11) is 0. The Morgan fingerprint density at radius 2 is 1.00 bits per heavy atom. The van der Waals surface area contributed by atoms with Gasteiger partial charge < -0.3 is 37.9 Å². The molecule has 0 saturated carbocycles. The minimum atomic E-state index is -1.08. The van der Waals surface area contributed by atoms with Crippen LogP contribution in [0.2, 0.25) is 0 Å². The largest absolute Gasteiger partial charge is 0.438 e. The molecule has 0 aliphatic carbocycles. The van der Waals surface area contributed by atoms with E-state index in [4.69, 9.17) is 37.9 Å². The van der Waals surface area contributed by atoms with Gasteiger partial charge in [0.15, 0.2) is 37.6 Å². The molecule has 314 valence electrons. The molecule has 0 amide bonds.